The number of imidazole rings is 1. The monoisotopic (exact) mass is 293 g/mol. The summed E-state index contributed by atoms with van der Waals surface area (Å²) < 4.78 is 2.21. The standard InChI is InChI=1S/C15H23N3OS/c19-14(17-12-5-3-1-2-4-6-12)11-20-15-16-9-10-18(15)13-7-8-13/h9-10,12-13H,1-8,11H2,(H,17,19). The summed E-state index contributed by atoms with van der Waals surface area (Å²) in [7, 11) is 0. The lowest BCUT2D eigenvalue weighted by Gasteiger charge is -2.16. The summed E-state index contributed by atoms with van der Waals surface area (Å²) in [4.78, 5) is 16.4. The molecule has 1 heterocycles. The Hall–Kier alpha value is -0.970. The van der Waals surface area contributed by atoms with E-state index in [1.54, 1.807) is 11.8 Å². The third-order valence-corrected chi connectivity index (χ3v) is 5.11. The van der Waals surface area contributed by atoms with Crippen LogP contribution >= 0.6 is 11.8 Å². The zero-order valence-corrected chi connectivity index (χ0v) is 12.7. The first-order valence-electron chi connectivity index (χ1n) is 7.78. The van der Waals surface area contributed by atoms with E-state index in [9.17, 15) is 4.79 Å². The number of carbonyl (C=O) groups is 1. The molecule has 0 spiro atoms. The molecule has 1 N–H and O–H groups in total. The number of hydrogen-bond donors (Lipinski definition) is 1. The number of thioether (sulfide) groups is 1. The number of carbonyl (C=O) groups excluding carboxylic acids is 1. The topological polar surface area (TPSA) is 46.9 Å². The van der Waals surface area contributed by atoms with Crippen LogP contribution < -0.4 is 5.32 Å². The molecule has 2 fully saturated rings. The van der Waals surface area contributed by atoms with Crippen molar-refractivity contribution in [3.8, 4) is 0 Å². The fourth-order valence-corrected chi connectivity index (χ4v) is 3.70. The van der Waals surface area contributed by atoms with E-state index in [0.29, 0.717) is 17.8 Å². The van der Waals surface area contributed by atoms with Crippen LogP contribution in [0.1, 0.15) is 57.4 Å². The largest absolute Gasteiger partial charge is 0.353 e. The predicted octanol–water partition coefficient (Wildman–Crippen LogP) is 3.15. The van der Waals surface area contributed by atoms with E-state index in [1.807, 2.05) is 12.4 Å². The van der Waals surface area contributed by atoms with Gasteiger partial charge in [0, 0.05) is 24.5 Å². The van der Waals surface area contributed by atoms with Gasteiger partial charge in [-0.25, -0.2) is 4.98 Å². The van der Waals surface area contributed by atoms with E-state index in [4.69, 9.17) is 0 Å². The molecule has 5 heteroatoms. The summed E-state index contributed by atoms with van der Waals surface area (Å²) in [6.45, 7) is 0. The SMILES string of the molecule is O=C(CSc1nccn1C1CC1)NC1CCCCCC1. The summed E-state index contributed by atoms with van der Waals surface area (Å²) in [5, 5.41) is 4.18. The van der Waals surface area contributed by atoms with Crippen molar-refractivity contribution in [3.63, 3.8) is 0 Å². The Morgan fingerprint density at radius 2 is 2.00 bits per heavy atom. The van der Waals surface area contributed by atoms with E-state index in [1.165, 1.54) is 38.5 Å². The van der Waals surface area contributed by atoms with Crippen molar-refractivity contribution in [2.24, 2.45) is 0 Å². The minimum atomic E-state index is 0.159. The van der Waals surface area contributed by atoms with Crippen LogP contribution in [-0.4, -0.2) is 27.3 Å². The molecule has 1 aromatic heterocycles. The highest BCUT2D eigenvalue weighted by Gasteiger charge is 2.25. The van der Waals surface area contributed by atoms with Crippen molar-refractivity contribution in [2.75, 3.05) is 5.75 Å². The van der Waals surface area contributed by atoms with Gasteiger partial charge in [0.2, 0.25) is 5.91 Å². The van der Waals surface area contributed by atoms with E-state index >= 15 is 0 Å². The Balaban J connectivity index is 1.45. The van der Waals surface area contributed by atoms with Crippen molar-refractivity contribution in [3.05, 3.63) is 12.4 Å². The van der Waals surface area contributed by atoms with Gasteiger partial charge in [-0.1, -0.05) is 37.4 Å². The lowest BCUT2D eigenvalue weighted by atomic mass is 10.1. The van der Waals surface area contributed by atoms with Crippen LogP contribution in [0, 0.1) is 0 Å². The third-order valence-electron chi connectivity index (χ3n) is 4.13. The highest BCUT2D eigenvalue weighted by atomic mass is 32.2. The second-order valence-electron chi connectivity index (χ2n) is 5.89. The van der Waals surface area contributed by atoms with Crippen molar-refractivity contribution in [1.82, 2.24) is 14.9 Å². The van der Waals surface area contributed by atoms with Gasteiger partial charge in [-0.2, -0.15) is 0 Å². The fraction of sp³-hybridized carbons (Fsp3) is 0.733. The fourth-order valence-electron chi connectivity index (χ4n) is 2.86. The van der Waals surface area contributed by atoms with Crippen LogP contribution in [0.25, 0.3) is 0 Å². The first kappa shape index (κ1) is 14.0. The van der Waals surface area contributed by atoms with Crippen LogP contribution in [0.3, 0.4) is 0 Å². The molecule has 2 aliphatic carbocycles. The Morgan fingerprint density at radius 1 is 1.25 bits per heavy atom. The second-order valence-corrected chi connectivity index (χ2v) is 6.84. The van der Waals surface area contributed by atoms with Gasteiger partial charge in [0.15, 0.2) is 5.16 Å². The lowest BCUT2D eigenvalue weighted by molar-refractivity contribution is -0.119. The third kappa shape index (κ3) is 3.78. The van der Waals surface area contributed by atoms with Gasteiger partial charge in [0.25, 0.3) is 0 Å². The summed E-state index contributed by atoms with van der Waals surface area (Å²) in [6.07, 6.45) is 13.8. The van der Waals surface area contributed by atoms with Crippen molar-refractivity contribution >= 4 is 17.7 Å². The normalized spacial score (nSPS) is 20.6. The molecule has 20 heavy (non-hydrogen) atoms. The highest BCUT2D eigenvalue weighted by molar-refractivity contribution is 7.99. The van der Waals surface area contributed by atoms with Crippen molar-refractivity contribution in [2.45, 2.75) is 68.6 Å². The molecule has 0 unspecified atom stereocenters. The molecule has 1 amide bonds. The Morgan fingerprint density at radius 3 is 2.70 bits per heavy atom. The molecule has 1 aromatic rings. The Bertz CT molecular complexity index is 448. The van der Waals surface area contributed by atoms with Crippen LogP contribution in [0.2, 0.25) is 0 Å². The quantitative estimate of drug-likeness (QED) is 0.670. The van der Waals surface area contributed by atoms with Crippen LogP contribution in [0.4, 0.5) is 0 Å². The molecule has 0 atom stereocenters. The second kappa shape index (κ2) is 6.66. The molecule has 0 saturated heterocycles. The summed E-state index contributed by atoms with van der Waals surface area (Å²) in [5.41, 5.74) is 0. The molecule has 0 aromatic carbocycles. The summed E-state index contributed by atoms with van der Waals surface area (Å²) in [5.74, 6) is 0.646. The maximum Gasteiger partial charge on any atom is 0.230 e. The summed E-state index contributed by atoms with van der Waals surface area (Å²) in [6, 6.07) is 1.03. The number of aromatic nitrogens is 2. The molecule has 0 aliphatic heterocycles. The van der Waals surface area contributed by atoms with Crippen molar-refractivity contribution < 1.29 is 4.79 Å². The molecule has 2 saturated carbocycles. The van der Waals surface area contributed by atoms with E-state index < -0.39 is 0 Å². The minimum Gasteiger partial charge on any atom is -0.353 e. The number of hydrogen-bond acceptors (Lipinski definition) is 3. The van der Waals surface area contributed by atoms with Gasteiger partial charge < -0.3 is 9.88 Å². The van der Waals surface area contributed by atoms with Gasteiger partial charge in [-0.3, -0.25) is 4.79 Å². The van der Waals surface area contributed by atoms with Crippen LogP contribution in [0.5, 0.6) is 0 Å². The highest BCUT2D eigenvalue weighted by Crippen LogP contribution is 2.37. The maximum absolute atomic E-state index is 12.0. The molecular formula is C15H23N3OS. The lowest BCUT2D eigenvalue weighted by Crippen LogP contribution is -2.35. The van der Waals surface area contributed by atoms with Crippen LogP contribution in [0.15, 0.2) is 17.6 Å². The van der Waals surface area contributed by atoms with Gasteiger partial charge >= 0.3 is 0 Å². The average Bonchev–Trinajstić information content (AvgIpc) is 3.22. The molecular weight excluding hydrogens is 270 g/mol. The Kier molecular flexibility index (Phi) is 4.65. The van der Waals surface area contributed by atoms with E-state index in [0.717, 1.165) is 18.0 Å². The summed E-state index contributed by atoms with van der Waals surface area (Å²) >= 11 is 1.56. The maximum atomic E-state index is 12.0. The average molecular weight is 293 g/mol. The number of amides is 1. The molecule has 0 bridgehead atoms. The predicted molar refractivity (Wildman–Crippen MR) is 80.9 cm³/mol. The smallest absolute Gasteiger partial charge is 0.230 e. The van der Waals surface area contributed by atoms with Gasteiger partial charge in [0.1, 0.15) is 0 Å². The number of nitrogens with zero attached hydrogens (tertiary/aromatic N) is 2. The van der Waals surface area contributed by atoms with E-state index in [-0.39, 0.29) is 5.91 Å². The minimum absolute atomic E-state index is 0.159. The van der Waals surface area contributed by atoms with Crippen molar-refractivity contribution in [1.29, 1.82) is 0 Å². The number of rotatable bonds is 5. The van der Waals surface area contributed by atoms with Gasteiger partial charge in [-0.05, 0) is 25.7 Å². The number of nitrogens with one attached hydrogen (secondary N) is 1. The van der Waals surface area contributed by atoms with Crippen LogP contribution in [-0.2, 0) is 4.79 Å². The molecule has 3 rings (SSSR count). The van der Waals surface area contributed by atoms with Gasteiger partial charge in [0.05, 0.1) is 5.75 Å². The first-order chi connectivity index (χ1) is 9.83. The first-order valence-corrected chi connectivity index (χ1v) is 8.76. The van der Waals surface area contributed by atoms with Gasteiger partial charge in [-0.15, -0.1) is 0 Å². The van der Waals surface area contributed by atoms with E-state index in [2.05, 4.69) is 14.9 Å². The molecule has 2 aliphatic rings. The molecule has 4 nitrogen and oxygen atoms in total. The zero-order valence-electron chi connectivity index (χ0n) is 11.9. The zero-order chi connectivity index (χ0) is 13.8. The Labute approximate surface area is 124 Å². The molecule has 0 radical (unpaired) electrons. The molecule has 110 valence electrons.